The highest BCUT2D eigenvalue weighted by Crippen LogP contribution is 2.32. The van der Waals surface area contributed by atoms with Crippen LogP contribution in [0.5, 0.6) is 0 Å². The number of nitrogens with zero attached hydrogens (tertiary/aromatic N) is 5. The fourth-order valence-corrected chi connectivity index (χ4v) is 6.85. The lowest BCUT2D eigenvalue weighted by Gasteiger charge is -2.34. The van der Waals surface area contributed by atoms with Gasteiger partial charge in [0.2, 0.25) is 0 Å². The topological polar surface area (TPSA) is 83.0 Å². The van der Waals surface area contributed by atoms with E-state index in [-0.39, 0.29) is 12.3 Å². The number of hydrogen-bond acceptors (Lipinski definition) is 7. The van der Waals surface area contributed by atoms with Crippen molar-refractivity contribution in [2.24, 2.45) is 10.9 Å². The number of piperazine rings is 1. The van der Waals surface area contributed by atoms with Gasteiger partial charge in [-0.05, 0) is 109 Å². The van der Waals surface area contributed by atoms with Crippen molar-refractivity contribution < 1.29 is 18.3 Å². The fraction of sp³-hybridized carbons (Fsp3) is 0.351. The molecule has 0 bridgehead atoms. The van der Waals surface area contributed by atoms with E-state index in [2.05, 4.69) is 44.3 Å². The number of amidine groups is 1. The molecule has 1 aromatic heterocycles. The Balaban J connectivity index is 1.18. The van der Waals surface area contributed by atoms with Crippen molar-refractivity contribution in [3.8, 4) is 11.1 Å². The quantitative estimate of drug-likeness (QED) is 0.292. The maximum Gasteiger partial charge on any atom is 0.257 e. The van der Waals surface area contributed by atoms with E-state index < -0.39 is 11.6 Å². The van der Waals surface area contributed by atoms with Crippen molar-refractivity contribution in [1.29, 1.82) is 0 Å². The molecule has 47 heavy (non-hydrogen) atoms. The number of anilines is 1. The number of nitrogens with one attached hydrogen (secondary N) is 1. The molecule has 2 saturated heterocycles. The van der Waals surface area contributed by atoms with Crippen LogP contribution >= 0.6 is 0 Å². The molecule has 10 heteroatoms. The smallest absolute Gasteiger partial charge is 0.257 e. The lowest BCUT2D eigenvalue weighted by atomic mass is 9.89. The Labute approximate surface area is 273 Å². The molecule has 4 heterocycles. The van der Waals surface area contributed by atoms with Crippen LogP contribution in [-0.2, 0) is 24.1 Å². The van der Waals surface area contributed by atoms with Crippen LogP contribution in [0.1, 0.15) is 51.0 Å². The highest BCUT2D eigenvalue weighted by Gasteiger charge is 2.25. The summed E-state index contributed by atoms with van der Waals surface area (Å²) in [6.07, 6.45) is 7.94. The summed E-state index contributed by atoms with van der Waals surface area (Å²) in [7, 11) is 2.15. The Morgan fingerprint density at radius 1 is 0.915 bits per heavy atom. The highest BCUT2D eigenvalue weighted by atomic mass is 19.1. The molecule has 1 N–H and O–H groups in total. The van der Waals surface area contributed by atoms with Gasteiger partial charge in [0.1, 0.15) is 23.8 Å². The molecule has 0 spiro atoms. The van der Waals surface area contributed by atoms with Gasteiger partial charge in [0.25, 0.3) is 5.91 Å². The van der Waals surface area contributed by atoms with Crippen molar-refractivity contribution >= 4 is 17.4 Å². The summed E-state index contributed by atoms with van der Waals surface area (Å²) >= 11 is 0. The number of amides is 1. The van der Waals surface area contributed by atoms with Gasteiger partial charge in [-0.1, -0.05) is 0 Å². The second kappa shape index (κ2) is 13.7. The Kier molecular flexibility index (Phi) is 9.04. The molecule has 7 rings (SSSR count). The first kappa shape index (κ1) is 31.1. The van der Waals surface area contributed by atoms with E-state index in [4.69, 9.17) is 9.73 Å². The third-order valence-electron chi connectivity index (χ3n) is 9.46. The third kappa shape index (κ3) is 7.08. The van der Waals surface area contributed by atoms with E-state index >= 15 is 0 Å². The molecule has 242 valence electrons. The molecule has 0 radical (unpaired) electrons. The summed E-state index contributed by atoms with van der Waals surface area (Å²) in [4.78, 5) is 31.8. The van der Waals surface area contributed by atoms with Gasteiger partial charge < -0.3 is 19.9 Å². The Hall–Kier alpha value is -4.54. The van der Waals surface area contributed by atoms with E-state index in [9.17, 15) is 13.6 Å². The molecule has 4 aromatic rings. The molecule has 3 aliphatic rings. The lowest BCUT2D eigenvalue weighted by Crippen LogP contribution is -2.44. The molecule has 3 aromatic carbocycles. The summed E-state index contributed by atoms with van der Waals surface area (Å²) in [6.45, 7) is 5.82. The summed E-state index contributed by atoms with van der Waals surface area (Å²) in [5.41, 5.74) is 7.55. The number of benzene rings is 3. The zero-order valence-electron chi connectivity index (χ0n) is 26.5. The van der Waals surface area contributed by atoms with Crippen molar-refractivity contribution in [3.63, 3.8) is 0 Å². The third-order valence-corrected chi connectivity index (χ3v) is 9.46. The van der Waals surface area contributed by atoms with E-state index in [0.717, 1.165) is 104 Å². The first-order chi connectivity index (χ1) is 22.9. The van der Waals surface area contributed by atoms with Crippen LogP contribution in [0.25, 0.3) is 11.1 Å². The second-order valence-corrected chi connectivity index (χ2v) is 12.8. The Morgan fingerprint density at radius 2 is 1.66 bits per heavy atom. The number of ether oxygens (including phenoxy) is 1. The minimum absolute atomic E-state index is 0.196. The van der Waals surface area contributed by atoms with E-state index in [1.54, 1.807) is 12.4 Å². The van der Waals surface area contributed by atoms with E-state index in [1.165, 1.54) is 18.5 Å². The van der Waals surface area contributed by atoms with Crippen LogP contribution in [0.3, 0.4) is 0 Å². The van der Waals surface area contributed by atoms with Gasteiger partial charge in [0, 0.05) is 80.2 Å². The predicted octanol–water partition coefficient (Wildman–Crippen LogP) is 5.42. The molecule has 0 atom stereocenters. The van der Waals surface area contributed by atoms with Crippen LogP contribution in [0.2, 0.25) is 0 Å². The monoisotopic (exact) mass is 636 g/mol. The molecule has 0 unspecified atom stereocenters. The summed E-state index contributed by atoms with van der Waals surface area (Å²) in [6, 6.07) is 13.7. The maximum absolute atomic E-state index is 14.1. The molecular weight excluding hydrogens is 598 g/mol. The van der Waals surface area contributed by atoms with Crippen molar-refractivity contribution in [3.05, 3.63) is 112 Å². The number of carbonyl (C=O) groups is 1. The zero-order chi connectivity index (χ0) is 32.3. The highest BCUT2D eigenvalue weighted by molar-refractivity contribution is 6.15. The van der Waals surface area contributed by atoms with Crippen molar-refractivity contribution in [1.82, 2.24) is 20.2 Å². The molecular formula is C37H38F2N6O2. The van der Waals surface area contributed by atoms with Gasteiger partial charge in [-0.25, -0.2) is 18.7 Å². The number of rotatable bonds is 7. The zero-order valence-corrected chi connectivity index (χ0v) is 26.5. The van der Waals surface area contributed by atoms with E-state index in [0.29, 0.717) is 29.4 Å². The Morgan fingerprint density at radius 3 is 2.40 bits per heavy atom. The van der Waals surface area contributed by atoms with E-state index in [1.807, 2.05) is 18.2 Å². The SMILES string of the molecule is CN1CCN(c2ccc(C(=O)NC3=NCc4cc(-c5cncnc5)c(Cc5cc(F)cc(F)c5)cc43)c(CC3CCOCC3)c2)CC1. The minimum atomic E-state index is -0.629. The van der Waals surface area contributed by atoms with Crippen molar-refractivity contribution in [2.45, 2.75) is 32.2 Å². The van der Waals surface area contributed by atoms with Crippen molar-refractivity contribution in [2.75, 3.05) is 51.3 Å². The maximum atomic E-state index is 14.1. The first-order valence-corrected chi connectivity index (χ1v) is 16.3. The standard InChI is InChI=1S/C37H38F2N6O2/c1-44-6-8-45(9-7-44)32-2-3-33(26(16-32)12-24-4-10-47-11-5-24)37(46)43-36-35-17-27(13-25-14-30(38)19-31(39)15-25)34(18-28(35)22-42-36)29-20-40-23-41-21-29/h2-3,14-21,23-24H,4-13,22H2,1H3,(H,42,43,46). The molecule has 0 aliphatic carbocycles. The van der Waals surface area contributed by atoms with Gasteiger partial charge in [-0.15, -0.1) is 0 Å². The normalized spacial score (nSPS) is 17.0. The van der Waals surface area contributed by atoms with Gasteiger partial charge in [0.15, 0.2) is 0 Å². The number of hydrogen-bond donors (Lipinski definition) is 1. The largest absolute Gasteiger partial charge is 0.381 e. The first-order valence-electron chi connectivity index (χ1n) is 16.3. The minimum Gasteiger partial charge on any atom is -0.381 e. The van der Waals surface area contributed by atoms with Crippen LogP contribution in [0.15, 0.2) is 72.2 Å². The number of aromatic nitrogens is 2. The number of carbonyl (C=O) groups excluding carboxylic acids is 1. The average molecular weight is 637 g/mol. The molecule has 3 aliphatic heterocycles. The fourth-order valence-electron chi connectivity index (χ4n) is 6.85. The van der Waals surface area contributed by atoms with Crippen LogP contribution < -0.4 is 10.2 Å². The number of fused-ring (bicyclic) bond motifs is 1. The number of likely N-dealkylation sites (N-methyl/N-ethyl adjacent to an activating group) is 1. The number of halogens is 2. The molecule has 8 nitrogen and oxygen atoms in total. The van der Waals surface area contributed by atoms with Gasteiger partial charge in [0.05, 0.1) is 6.54 Å². The summed E-state index contributed by atoms with van der Waals surface area (Å²) in [5.74, 6) is -0.505. The van der Waals surface area contributed by atoms with Gasteiger partial charge >= 0.3 is 0 Å². The summed E-state index contributed by atoms with van der Waals surface area (Å²) < 4.78 is 33.9. The second-order valence-electron chi connectivity index (χ2n) is 12.8. The average Bonchev–Trinajstić information content (AvgIpc) is 3.46. The Bertz CT molecular complexity index is 1780. The van der Waals surface area contributed by atoms with Crippen LogP contribution in [-0.4, -0.2) is 73.1 Å². The lowest BCUT2D eigenvalue weighted by molar-refractivity contribution is 0.0664. The van der Waals surface area contributed by atoms with Crippen LogP contribution in [0, 0.1) is 17.6 Å². The van der Waals surface area contributed by atoms with Gasteiger partial charge in [-0.3, -0.25) is 9.79 Å². The summed E-state index contributed by atoms with van der Waals surface area (Å²) in [5, 5.41) is 3.12. The predicted molar refractivity (Wildman–Crippen MR) is 178 cm³/mol. The molecule has 2 fully saturated rings. The molecule has 0 saturated carbocycles. The van der Waals surface area contributed by atoms with Crippen LogP contribution in [0.4, 0.5) is 14.5 Å². The van der Waals surface area contributed by atoms with Gasteiger partial charge in [-0.2, -0.15) is 0 Å². The number of aliphatic imine (C=N–C) groups is 1. The molecule has 1 amide bonds.